The Morgan fingerprint density at radius 2 is 1.61 bits per heavy atom. The summed E-state index contributed by atoms with van der Waals surface area (Å²) < 4.78 is 0. The Hall–Kier alpha value is -1.63. The van der Waals surface area contributed by atoms with Crippen molar-refractivity contribution < 1.29 is 14.4 Å². The molecule has 0 saturated heterocycles. The van der Waals surface area contributed by atoms with E-state index in [1.807, 2.05) is 27.7 Å². The second-order valence-electron chi connectivity index (χ2n) is 6.74. The lowest BCUT2D eigenvalue weighted by Crippen LogP contribution is -2.57. The van der Waals surface area contributed by atoms with Gasteiger partial charge in [-0.25, -0.2) is 0 Å². The first kappa shape index (κ1) is 21.4. The highest BCUT2D eigenvalue weighted by molar-refractivity contribution is 5.92. The van der Waals surface area contributed by atoms with E-state index in [0.717, 1.165) is 0 Å². The standard InChI is InChI=1S/C16H32N4O3/c1-9(2)8-12(14(17)21)20(7)16(23)13(10(3)4)19-15(22)11(5)18-6/h9-13,18H,8H2,1-7H3,(H2,17,21)(H,19,22)/t11-,12-,13-/m0/s1. The summed E-state index contributed by atoms with van der Waals surface area (Å²) in [6.45, 7) is 9.34. The molecule has 0 bridgehead atoms. The highest BCUT2D eigenvalue weighted by Crippen LogP contribution is 2.14. The van der Waals surface area contributed by atoms with Gasteiger partial charge in [0.25, 0.3) is 0 Å². The van der Waals surface area contributed by atoms with Crippen molar-refractivity contribution in [3.8, 4) is 0 Å². The zero-order chi connectivity index (χ0) is 18.3. The molecule has 0 spiro atoms. The molecular weight excluding hydrogens is 296 g/mol. The molecule has 134 valence electrons. The summed E-state index contributed by atoms with van der Waals surface area (Å²) in [5.74, 6) is -0.981. The number of hydrogen-bond donors (Lipinski definition) is 3. The van der Waals surface area contributed by atoms with Crippen molar-refractivity contribution in [1.29, 1.82) is 0 Å². The minimum Gasteiger partial charge on any atom is -0.368 e. The third-order valence-electron chi connectivity index (χ3n) is 3.90. The van der Waals surface area contributed by atoms with Gasteiger partial charge in [0, 0.05) is 7.05 Å². The lowest BCUT2D eigenvalue weighted by atomic mass is 9.98. The number of nitrogens with two attached hydrogens (primary N) is 1. The van der Waals surface area contributed by atoms with Crippen LogP contribution in [0.5, 0.6) is 0 Å². The third-order valence-corrected chi connectivity index (χ3v) is 3.90. The van der Waals surface area contributed by atoms with E-state index >= 15 is 0 Å². The van der Waals surface area contributed by atoms with Crippen molar-refractivity contribution in [1.82, 2.24) is 15.5 Å². The van der Waals surface area contributed by atoms with E-state index < -0.39 is 24.0 Å². The summed E-state index contributed by atoms with van der Waals surface area (Å²) in [6, 6.07) is -1.78. The van der Waals surface area contributed by atoms with Gasteiger partial charge < -0.3 is 21.3 Å². The van der Waals surface area contributed by atoms with Crippen molar-refractivity contribution in [2.45, 2.75) is 59.2 Å². The van der Waals surface area contributed by atoms with Crippen molar-refractivity contribution in [3.63, 3.8) is 0 Å². The fraction of sp³-hybridized carbons (Fsp3) is 0.812. The Balaban J connectivity index is 5.21. The molecule has 3 amide bonds. The second-order valence-corrected chi connectivity index (χ2v) is 6.74. The van der Waals surface area contributed by atoms with Gasteiger partial charge in [-0.1, -0.05) is 27.7 Å². The van der Waals surface area contributed by atoms with E-state index in [-0.39, 0.29) is 23.7 Å². The number of nitrogens with zero attached hydrogens (tertiary/aromatic N) is 1. The number of likely N-dealkylation sites (N-methyl/N-ethyl adjacent to an activating group) is 2. The van der Waals surface area contributed by atoms with Gasteiger partial charge in [-0.2, -0.15) is 0 Å². The average molecular weight is 328 g/mol. The van der Waals surface area contributed by atoms with Gasteiger partial charge >= 0.3 is 0 Å². The maximum Gasteiger partial charge on any atom is 0.245 e. The predicted molar refractivity (Wildman–Crippen MR) is 90.5 cm³/mol. The minimum absolute atomic E-state index is 0.106. The van der Waals surface area contributed by atoms with Gasteiger partial charge in [-0.05, 0) is 32.2 Å². The molecule has 0 aliphatic heterocycles. The van der Waals surface area contributed by atoms with E-state index in [9.17, 15) is 14.4 Å². The molecule has 4 N–H and O–H groups in total. The fourth-order valence-corrected chi connectivity index (χ4v) is 2.21. The molecule has 0 aliphatic rings. The summed E-state index contributed by atoms with van der Waals surface area (Å²) in [6.07, 6.45) is 0.489. The quantitative estimate of drug-likeness (QED) is 0.558. The molecule has 0 rings (SSSR count). The molecule has 0 aromatic rings. The number of rotatable bonds is 9. The summed E-state index contributed by atoms with van der Waals surface area (Å²) in [5.41, 5.74) is 5.44. The van der Waals surface area contributed by atoms with Crippen LogP contribution in [-0.2, 0) is 14.4 Å². The average Bonchev–Trinajstić information content (AvgIpc) is 2.46. The zero-order valence-electron chi connectivity index (χ0n) is 15.3. The van der Waals surface area contributed by atoms with Crippen LogP contribution in [0, 0.1) is 11.8 Å². The van der Waals surface area contributed by atoms with Gasteiger partial charge in [0.2, 0.25) is 17.7 Å². The smallest absolute Gasteiger partial charge is 0.245 e. The third kappa shape index (κ3) is 6.56. The van der Waals surface area contributed by atoms with Gasteiger partial charge in [0.15, 0.2) is 0 Å². The van der Waals surface area contributed by atoms with E-state index in [0.29, 0.717) is 6.42 Å². The first-order chi connectivity index (χ1) is 10.5. The van der Waals surface area contributed by atoms with Crippen LogP contribution in [-0.4, -0.2) is 54.8 Å². The van der Waals surface area contributed by atoms with Gasteiger partial charge in [0.1, 0.15) is 12.1 Å². The van der Waals surface area contributed by atoms with Gasteiger partial charge in [-0.15, -0.1) is 0 Å². The molecule has 23 heavy (non-hydrogen) atoms. The second kappa shape index (κ2) is 9.50. The number of nitrogens with one attached hydrogen (secondary N) is 2. The number of primary amides is 1. The van der Waals surface area contributed by atoms with Crippen LogP contribution in [0.1, 0.15) is 41.0 Å². The summed E-state index contributed by atoms with van der Waals surface area (Å²) in [5, 5.41) is 5.58. The molecule has 0 unspecified atom stereocenters. The van der Waals surface area contributed by atoms with E-state index in [1.165, 1.54) is 4.90 Å². The fourth-order valence-electron chi connectivity index (χ4n) is 2.21. The molecule has 0 heterocycles. The molecule has 7 heteroatoms. The van der Waals surface area contributed by atoms with Crippen molar-refractivity contribution in [2.75, 3.05) is 14.1 Å². The molecule has 0 radical (unpaired) electrons. The summed E-state index contributed by atoms with van der Waals surface area (Å²) >= 11 is 0. The topological polar surface area (TPSA) is 105 Å². The van der Waals surface area contributed by atoms with Crippen LogP contribution in [0.4, 0.5) is 0 Å². The molecule has 3 atom stereocenters. The lowest BCUT2D eigenvalue weighted by molar-refractivity contribution is -0.142. The monoisotopic (exact) mass is 328 g/mol. The van der Waals surface area contributed by atoms with Gasteiger partial charge in [-0.3, -0.25) is 14.4 Å². The van der Waals surface area contributed by atoms with Crippen LogP contribution < -0.4 is 16.4 Å². The van der Waals surface area contributed by atoms with E-state index in [4.69, 9.17) is 5.73 Å². The summed E-state index contributed by atoms with van der Waals surface area (Å²) in [7, 11) is 3.23. The molecule has 0 fully saturated rings. The number of carbonyl (C=O) groups is 3. The van der Waals surface area contributed by atoms with Crippen LogP contribution >= 0.6 is 0 Å². The molecular formula is C16H32N4O3. The zero-order valence-corrected chi connectivity index (χ0v) is 15.3. The Kier molecular flexibility index (Phi) is 8.82. The molecule has 0 aromatic carbocycles. The van der Waals surface area contributed by atoms with Crippen molar-refractivity contribution in [3.05, 3.63) is 0 Å². The van der Waals surface area contributed by atoms with Crippen LogP contribution in [0.15, 0.2) is 0 Å². The summed E-state index contributed by atoms with van der Waals surface area (Å²) in [4.78, 5) is 37.8. The van der Waals surface area contributed by atoms with Gasteiger partial charge in [0.05, 0.1) is 6.04 Å². The highest BCUT2D eigenvalue weighted by atomic mass is 16.2. The molecule has 0 saturated carbocycles. The number of amides is 3. The van der Waals surface area contributed by atoms with Crippen LogP contribution in [0.3, 0.4) is 0 Å². The predicted octanol–water partition coefficient (Wildman–Crippen LogP) is 0.0935. The van der Waals surface area contributed by atoms with Crippen molar-refractivity contribution >= 4 is 17.7 Å². The number of carbonyl (C=O) groups excluding carboxylic acids is 3. The first-order valence-corrected chi connectivity index (χ1v) is 8.06. The molecule has 0 aromatic heterocycles. The maximum absolute atomic E-state index is 12.7. The van der Waals surface area contributed by atoms with Crippen LogP contribution in [0.25, 0.3) is 0 Å². The van der Waals surface area contributed by atoms with E-state index in [2.05, 4.69) is 10.6 Å². The Labute approximate surface area is 139 Å². The lowest BCUT2D eigenvalue weighted by Gasteiger charge is -2.32. The Morgan fingerprint density at radius 3 is 1.96 bits per heavy atom. The largest absolute Gasteiger partial charge is 0.368 e. The first-order valence-electron chi connectivity index (χ1n) is 8.06. The Bertz CT molecular complexity index is 424. The Morgan fingerprint density at radius 1 is 1.09 bits per heavy atom. The maximum atomic E-state index is 12.7. The van der Waals surface area contributed by atoms with Crippen LogP contribution in [0.2, 0.25) is 0 Å². The van der Waals surface area contributed by atoms with Crippen molar-refractivity contribution in [2.24, 2.45) is 17.6 Å². The highest BCUT2D eigenvalue weighted by Gasteiger charge is 2.33. The normalized spacial score (nSPS) is 15.2. The molecule has 0 aliphatic carbocycles. The number of hydrogen-bond acceptors (Lipinski definition) is 4. The minimum atomic E-state index is -0.697. The van der Waals surface area contributed by atoms with E-state index in [1.54, 1.807) is 21.0 Å². The molecule has 7 nitrogen and oxygen atoms in total. The SMILES string of the molecule is CN[C@@H](C)C(=O)N[C@H](C(=O)N(C)[C@@H](CC(C)C)C(N)=O)C(C)C.